The van der Waals surface area contributed by atoms with Gasteiger partial charge in [-0.05, 0) is 31.9 Å². The third-order valence-corrected chi connectivity index (χ3v) is 10.2. The number of allylic oxidation sites excluding steroid dienone is 1. The van der Waals surface area contributed by atoms with Crippen molar-refractivity contribution < 1.29 is 14.3 Å². The molecule has 1 aromatic carbocycles. The minimum absolute atomic E-state index is 0.0646. The molecule has 1 saturated heterocycles. The number of nitrogens with zero attached hydrogens (tertiary/aromatic N) is 6. The van der Waals surface area contributed by atoms with Gasteiger partial charge in [0.1, 0.15) is 28.1 Å². The number of aromatic nitrogens is 2. The van der Waals surface area contributed by atoms with Gasteiger partial charge in [-0.3, -0.25) is 19.1 Å². The Balaban J connectivity index is 1.91. The number of hydrogen-bond donors (Lipinski definition) is 1. The van der Waals surface area contributed by atoms with Crippen LogP contribution in [0.4, 0.5) is 10.1 Å². The molecule has 0 bridgehead atoms. The molecular weight excluding hydrogens is 689 g/mol. The van der Waals surface area contributed by atoms with Gasteiger partial charge in [0.15, 0.2) is 5.82 Å². The summed E-state index contributed by atoms with van der Waals surface area (Å²) in [5.74, 6) is -2.44. The fourth-order valence-corrected chi connectivity index (χ4v) is 7.45. The van der Waals surface area contributed by atoms with Crippen LogP contribution in [0.1, 0.15) is 46.2 Å². The fourth-order valence-electron chi connectivity index (χ4n) is 6.61. The molecule has 2 aliphatic rings. The number of piperazine rings is 1. The van der Waals surface area contributed by atoms with Crippen molar-refractivity contribution in [3.05, 3.63) is 72.8 Å². The maximum Gasteiger partial charge on any atom is 0.272 e. The van der Waals surface area contributed by atoms with Crippen molar-refractivity contribution in [2.24, 2.45) is 16.8 Å². The Hall–Kier alpha value is -3.62. The maximum absolute atomic E-state index is 15.7. The lowest BCUT2D eigenvalue weighted by Gasteiger charge is -2.45. The van der Waals surface area contributed by atoms with Crippen LogP contribution in [0, 0.1) is 29.0 Å². The molecule has 4 heterocycles. The first kappa shape index (κ1) is 34.7. The topological polar surface area (TPSA) is 115 Å². The standard InChI is InChI=1S/C33H31Cl4FN6O3/c1-7-21(45)43-16(5)12-42(13-17(43)6)30-18-10-20(34)28(22-26(38)24(36)23(35)25(37)31(22)46)41-32(18)44(33(47)19(30)11-39)29-15(4)8-9-40-27(29)14(2)3/h7-10,14-17,29,46H,1,12-13H2,2-6H3/t15-,16-,17+,29?/m1/s1. The van der Waals surface area contributed by atoms with E-state index in [1.807, 2.05) is 45.6 Å². The van der Waals surface area contributed by atoms with Crippen molar-refractivity contribution in [2.75, 3.05) is 18.0 Å². The Labute approximate surface area is 291 Å². The van der Waals surface area contributed by atoms with Gasteiger partial charge in [-0.1, -0.05) is 79.8 Å². The molecule has 0 saturated carbocycles. The average Bonchev–Trinajstić information content (AvgIpc) is 3.02. The summed E-state index contributed by atoms with van der Waals surface area (Å²) < 4.78 is 17.1. The van der Waals surface area contributed by atoms with Crippen LogP contribution in [0.15, 0.2) is 40.8 Å². The Kier molecular flexibility index (Phi) is 9.69. The number of aromatic hydroxyl groups is 1. The first-order valence-corrected chi connectivity index (χ1v) is 16.3. The fraction of sp³-hybridized carbons (Fsp3) is 0.364. The van der Waals surface area contributed by atoms with E-state index in [-0.39, 0.29) is 75.6 Å². The van der Waals surface area contributed by atoms with Gasteiger partial charge in [0, 0.05) is 48.4 Å². The molecule has 1 N–H and O–H groups in total. The summed E-state index contributed by atoms with van der Waals surface area (Å²) in [4.78, 5) is 40.2. The zero-order valence-corrected chi connectivity index (χ0v) is 29.2. The number of fused-ring (bicyclic) bond motifs is 1. The number of benzene rings is 1. The number of aliphatic imine (C=N–C) groups is 1. The van der Waals surface area contributed by atoms with E-state index in [2.05, 4.69) is 17.6 Å². The van der Waals surface area contributed by atoms with Gasteiger partial charge in [-0.2, -0.15) is 5.26 Å². The minimum atomic E-state index is -1.11. The second kappa shape index (κ2) is 13.1. The Morgan fingerprint density at radius 2 is 1.79 bits per heavy atom. The number of phenols is 1. The molecule has 9 nitrogen and oxygen atoms in total. The number of carbonyl (C=O) groups excluding carboxylic acids is 1. The summed E-state index contributed by atoms with van der Waals surface area (Å²) >= 11 is 25.2. The molecule has 1 fully saturated rings. The molecule has 2 aliphatic heterocycles. The summed E-state index contributed by atoms with van der Waals surface area (Å²) in [7, 11) is 0. The highest BCUT2D eigenvalue weighted by Crippen LogP contribution is 2.48. The van der Waals surface area contributed by atoms with Crippen LogP contribution in [0.2, 0.25) is 20.1 Å². The average molecular weight is 720 g/mol. The van der Waals surface area contributed by atoms with E-state index in [9.17, 15) is 20.0 Å². The van der Waals surface area contributed by atoms with E-state index < -0.39 is 38.8 Å². The van der Waals surface area contributed by atoms with E-state index in [1.54, 1.807) is 11.1 Å². The third-order valence-electron chi connectivity index (χ3n) is 8.65. The zero-order chi connectivity index (χ0) is 34.6. The first-order valence-electron chi connectivity index (χ1n) is 14.8. The molecule has 246 valence electrons. The monoisotopic (exact) mass is 718 g/mol. The maximum atomic E-state index is 15.7. The summed E-state index contributed by atoms with van der Waals surface area (Å²) in [5.41, 5.74) is -0.537. The number of anilines is 1. The smallest absolute Gasteiger partial charge is 0.272 e. The summed E-state index contributed by atoms with van der Waals surface area (Å²) in [6.07, 6.45) is 4.77. The number of carbonyl (C=O) groups is 1. The molecule has 2 aromatic heterocycles. The predicted molar refractivity (Wildman–Crippen MR) is 186 cm³/mol. The van der Waals surface area contributed by atoms with E-state index >= 15 is 4.39 Å². The van der Waals surface area contributed by atoms with Gasteiger partial charge >= 0.3 is 0 Å². The predicted octanol–water partition coefficient (Wildman–Crippen LogP) is 7.81. The van der Waals surface area contributed by atoms with Gasteiger partial charge in [0.25, 0.3) is 5.56 Å². The van der Waals surface area contributed by atoms with Gasteiger partial charge in [-0.15, -0.1) is 0 Å². The highest BCUT2D eigenvalue weighted by molar-refractivity contribution is 6.49. The van der Waals surface area contributed by atoms with E-state index in [1.165, 1.54) is 16.7 Å². The molecule has 3 aromatic rings. The third kappa shape index (κ3) is 5.67. The van der Waals surface area contributed by atoms with Gasteiger partial charge in [0.05, 0.1) is 38.1 Å². The first-order chi connectivity index (χ1) is 22.2. The lowest BCUT2D eigenvalue weighted by atomic mass is 9.88. The van der Waals surface area contributed by atoms with Crippen LogP contribution in [0.3, 0.4) is 0 Å². The van der Waals surface area contributed by atoms with E-state index in [0.717, 1.165) is 0 Å². The number of halogens is 5. The molecule has 47 heavy (non-hydrogen) atoms. The number of amides is 1. The van der Waals surface area contributed by atoms with Crippen LogP contribution < -0.4 is 10.5 Å². The number of rotatable bonds is 5. The lowest BCUT2D eigenvalue weighted by molar-refractivity contribution is -0.130. The molecule has 1 unspecified atom stereocenters. The summed E-state index contributed by atoms with van der Waals surface area (Å²) in [6, 6.07) is 2.30. The van der Waals surface area contributed by atoms with Crippen LogP contribution in [0.5, 0.6) is 5.75 Å². The molecule has 1 amide bonds. The van der Waals surface area contributed by atoms with Crippen molar-refractivity contribution in [1.29, 1.82) is 5.26 Å². The van der Waals surface area contributed by atoms with Gasteiger partial charge in [0.2, 0.25) is 5.91 Å². The molecular formula is C33H31Cl4FN6O3. The molecule has 0 spiro atoms. The lowest BCUT2D eigenvalue weighted by Crippen LogP contribution is -2.58. The van der Waals surface area contributed by atoms with E-state index in [4.69, 9.17) is 51.4 Å². The second-order valence-electron chi connectivity index (χ2n) is 12.1. The van der Waals surface area contributed by atoms with E-state index in [0.29, 0.717) is 11.1 Å². The minimum Gasteiger partial charge on any atom is -0.506 e. The Bertz CT molecular complexity index is 1960. The summed E-state index contributed by atoms with van der Waals surface area (Å²) in [5, 5.41) is 20.4. The number of hydrogen-bond acceptors (Lipinski definition) is 7. The highest BCUT2D eigenvalue weighted by atomic mass is 35.5. The molecule has 0 aliphatic carbocycles. The summed E-state index contributed by atoms with van der Waals surface area (Å²) in [6.45, 7) is 13.7. The highest BCUT2D eigenvalue weighted by Gasteiger charge is 2.38. The molecule has 14 heteroatoms. The van der Waals surface area contributed by atoms with Crippen molar-refractivity contribution in [2.45, 2.75) is 52.7 Å². The van der Waals surface area contributed by atoms with Gasteiger partial charge in [-0.25, -0.2) is 9.37 Å². The van der Waals surface area contributed by atoms with Crippen LogP contribution >= 0.6 is 46.4 Å². The molecule has 5 rings (SSSR count). The quantitative estimate of drug-likeness (QED) is 0.164. The number of phenolic OH excluding ortho intramolecular Hbond substituents is 1. The van der Waals surface area contributed by atoms with Crippen LogP contribution in [0.25, 0.3) is 22.3 Å². The van der Waals surface area contributed by atoms with Crippen molar-refractivity contribution >= 4 is 74.7 Å². The largest absolute Gasteiger partial charge is 0.506 e. The van der Waals surface area contributed by atoms with Crippen LogP contribution in [-0.4, -0.2) is 56.3 Å². The van der Waals surface area contributed by atoms with Crippen molar-refractivity contribution in [3.63, 3.8) is 0 Å². The molecule has 4 atom stereocenters. The zero-order valence-electron chi connectivity index (χ0n) is 26.2. The Morgan fingerprint density at radius 3 is 2.36 bits per heavy atom. The SMILES string of the molecule is C=CC(=O)N1[C@H](C)CN(c2c(C#N)c(=O)n(C3C(C(C)C)=NC=C[C@H]3C)c3nc(-c4c(O)c(Cl)c(Cl)c(Cl)c4F)c(Cl)cc23)C[C@@H]1C. The van der Waals surface area contributed by atoms with Gasteiger partial charge < -0.3 is 14.9 Å². The second-order valence-corrected chi connectivity index (χ2v) is 13.6. The van der Waals surface area contributed by atoms with Crippen LogP contribution in [-0.2, 0) is 4.79 Å². The van der Waals surface area contributed by atoms with Crippen molar-refractivity contribution in [3.8, 4) is 23.1 Å². The number of pyridine rings is 2. The molecule has 0 radical (unpaired) electrons. The number of nitriles is 1. The normalized spacial score (nSPS) is 21.3. The Morgan fingerprint density at radius 1 is 1.15 bits per heavy atom. The van der Waals surface area contributed by atoms with Crippen molar-refractivity contribution in [1.82, 2.24) is 14.5 Å².